The molecule has 4 rings (SSSR count). The van der Waals surface area contributed by atoms with Crippen molar-refractivity contribution in [1.29, 1.82) is 0 Å². The number of allylic oxidation sites excluding steroid dienone is 6. The second kappa shape index (κ2) is 6.29. The van der Waals surface area contributed by atoms with Crippen molar-refractivity contribution in [2.75, 3.05) is 0 Å². The van der Waals surface area contributed by atoms with Crippen LogP contribution in [0, 0.1) is 0 Å². The molecule has 0 unspecified atom stereocenters. The number of halogens is 3. The highest BCUT2D eigenvalue weighted by atomic mass is 19.4. The molecular weight excluding hydrogens is 341 g/mol. The van der Waals surface area contributed by atoms with Crippen molar-refractivity contribution in [2.24, 2.45) is 0 Å². The number of hydrogen-bond acceptors (Lipinski definition) is 3. The summed E-state index contributed by atoms with van der Waals surface area (Å²) in [5, 5.41) is 0. The molecule has 1 aliphatic rings. The Labute approximate surface area is 147 Å². The first-order chi connectivity index (χ1) is 12.5. The standard InChI is InChI=1S/C20H13F3N2O/c21-20(22,23)14-6-7-18-17(12-14)25-19(26-18)16-5-3-1-2-4-15(16)13-8-10-24-11-9-13/h1,3-12H,2H2. The van der Waals surface area contributed by atoms with E-state index >= 15 is 0 Å². The molecule has 2 heterocycles. The summed E-state index contributed by atoms with van der Waals surface area (Å²) < 4.78 is 44.5. The third-order valence-electron chi connectivity index (χ3n) is 4.08. The molecule has 0 saturated heterocycles. The van der Waals surface area contributed by atoms with Gasteiger partial charge in [0, 0.05) is 18.0 Å². The molecule has 0 bridgehead atoms. The first kappa shape index (κ1) is 16.3. The molecule has 3 nitrogen and oxygen atoms in total. The summed E-state index contributed by atoms with van der Waals surface area (Å²) in [4.78, 5) is 8.32. The summed E-state index contributed by atoms with van der Waals surface area (Å²) in [5.74, 6) is 0.286. The maximum absolute atomic E-state index is 12.9. The van der Waals surface area contributed by atoms with E-state index in [-0.39, 0.29) is 11.4 Å². The van der Waals surface area contributed by atoms with Crippen molar-refractivity contribution in [1.82, 2.24) is 9.97 Å². The molecule has 2 aromatic heterocycles. The van der Waals surface area contributed by atoms with Gasteiger partial charge in [-0.15, -0.1) is 0 Å². The SMILES string of the molecule is FC(F)(F)c1ccc2oc(C3=CC=CCC=C3c3ccncc3)nc2c1. The Morgan fingerprint density at radius 3 is 2.58 bits per heavy atom. The topological polar surface area (TPSA) is 38.9 Å². The third kappa shape index (κ3) is 3.06. The van der Waals surface area contributed by atoms with Gasteiger partial charge in [-0.1, -0.05) is 18.2 Å². The Morgan fingerprint density at radius 1 is 1.00 bits per heavy atom. The Kier molecular flexibility index (Phi) is 3.95. The van der Waals surface area contributed by atoms with Crippen LogP contribution >= 0.6 is 0 Å². The highest BCUT2D eigenvalue weighted by Gasteiger charge is 2.31. The van der Waals surface area contributed by atoms with E-state index in [0.29, 0.717) is 5.58 Å². The Morgan fingerprint density at radius 2 is 1.81 bits per heavy atom. The van der Waals surface area contributed by atoms with Crippen molar-refractivity contribution < 1.29 is 17.6 Å². The summed E-state index contributed by atoms with van der Waals surface area (Å²) in [6.07, 6.45) is 7.45. The maximum atomic E-state index is 12.9. The molecule has 1 aromatic carbocycles. The lowest BCUT2D eigenvalue weighted by Gasteiger charge is -2.08. The van der Waals surface area contributed by atoms with Crippen molar-refractivity contribution in [3.63, 3.8) is 0 Å². The average Bonchev–Trinajstić information content (AvgIpc) is 2.89. The molecule has 130 valence electrons. The van der Waals surface area contributed by atoms with Crippen molar-refractivity contribution >= 4 is 22.2 Å². The fraction of sp³-hybridized carbons (Fsp3) is 0.100. The molecule has 26 heavy (non-hydrogen) atoms. The predicted octanol–water partition coefficient (Wildman–Crippen LogP) is 5.67. The van der Waals surface area contributed by atoms with Gasteiger partial charge in [0.05, 0.1) is 5.56 Å². The number of nitrogens with zero attached hydrogens (tertiary/aromatic N) is 2. The van der Waals surface area contributed by atoms with E-state index in [1.165, 1.54) is 6.07 Å². The zero-order valence-electron chi connectivity index (χ0n) is 13.5. The fourth-order valence-corrected chi connectivity index (χ4v) is 2.84. The van der Waals surface area contributed by atoms with Crippen LogP contribution < -0.4 is 0 Å². The lowest BCUT2D eigenvalue weighted by Crippen LogP contribution is -2.03. The van der Waals surface area contributed by atoms with Crippen LogP contribution in [-0.2, 0) is 6.18 Å². The van der Waals surface area contributed by atoms with Crippen molar-refractivity contribution in [3.05, 3.63) is 84.0 Å². The molecular formula is C20H13F3N2O. The molecule has 0 saturated carbocycles. The monoisotopic (exact) mass is 354 g/mol. The van der Waals surface area contributed by atoms with Crippen LogP contribution in [0.1, 0.15) is 23.4 Å². The van der Waals surface area contributed by atoms with Gasteiger partial charge in [0.25, 0.3) is 0 Å². The van der Waals surface area contributed by atoms with Crippen LogP contribution in [0.25, 0.3) is 22.2 Å². The highest BCUT2D eigenvalue weighted by molar-refractivity contribution is 6.04. The van der Waals surface area contributed by atoms with E-state index in [0.717, 1.165) is 35.3 Å². The van der Waals surface area contributed by atoms with Gasteiger partial charge in [0.15, 0.2) is 5.58 Å². The number of oxazole rings is 1. The second-order valence-electron chi connectivity index (χ2n) is 5.80. The third-order valence-corrected chi connectivity index (χ3v) is 4.08. The summed E-state index contributed by atoms with van der Waals surface area (Å²) in [5.41, 5.74) is 2.31. The number of aromatic nitrogens is 2. The quantitative estimate of drug-likeness (QED) is 0.595. The van der Waals surface area contributed by atoms with Crippen LogP contribution in [0.4, 0.5) is 13.2 Å². The van der Waals surface area contributed by atoms with Crippen LogP contribution in [-0.4, -0.2) is 9.97 Å². The number of fused-ring (bicyclic) bond motifs is 1. The molecule has 3 aromatic rings. The van der Waals surface area contributed by atoms with Gasteiger partial charge in [-0.05, 0) is 54.0 Å². The molecule has 1 aliphatic carbocycles. The van der Waals surface area contributed by atoms with E-state index in [4.69, 9.17) is 4.42 Å². The van der Waals surface area contributed by atoms with E-state index in [9.17, 15) is 13.2 Å². The fourth-order valence-electron chi connectivity index (χ4n) is 2.84. The van der Waals surface area contributed by atoms with E-state index < -0.39 is 11.7 Å². The van der Waals surface area contributed by atoms with Gasteiger partial charge >= 0.3 is 6.18 Å². The van der Waals surface area contributed by atoms with Gasteiger partial charge in [-0.2, -0.15) is 13.2 Å². The number of benzene rings is 1. The normalized spacial score (nSPS) is 14.9. The van der Waals surface area contributed by atoms with E-state index in [1.54, 1.807) is 12.4 Å². The largest absolute Gasteiger partial charge is 0.436 e. The Bertz CT molecular complexity index is 1040. The number of hydrogen-bond donors (Lipinski definition) is 0. The van der Waals surface area contributed by atoms with E-state index in [1.807, 2.05) is 36.4 Å². The highest BCUT2D eigenvalue weighted by Crippen LogP contribution is 2.36. The van der Waals surface area contributed by atoms with Gasteiger partial charge in [0.1, 0.15) is 5.52 Å². The summed E-state index contributed by atoms with van der Waals surface area (Å²) in [6.45, 7) is 0. The molecule has 0 fully saturated rings. The molecule has 0 amide bonds. The minimum Gasteiger partial charge on any atom is -0.436 e. The van der Waals surface area contributed by atoms with Gasteiger partial charge < -0.3 is 4.42 Å². The lowest BCUT2D eigenvalue weighted by atomic mass is 9.98. The maximum Gasteiger partial charge on any atom is 0.416 e. The molecule has 0 spiro atoms. The average molecular weight is 354 g/mol. The van der Waals surface area contributed by atoms with Crippen LogP contribution in [0.2, 0.25) is 0 Å². The first-order valence-corrected chi connectivity index (χ1v) is 7.98. The lowest BCUT2D eigenvalue weighted by molar-refractivity contribution is -0.137. The summed E-state index contributed by atoms with van der Waals surface area (Å²) in [6, 6.07) is 7.05. The van der Waals surface area contributed by atoms with Gasteiger partial charge in [0.2, 0.25) is 5.89 Å². The number of rotatable bonds is 2. The van der Waals surface area contributed by atoms with Crippen molar-refractivity contribution in [3.8, 4) is 0 Å². The number of pyridine rings is 1. The van der Waals surface area contributed by atoms with Crippen molar-refractivity contribution in [2.45, 2.75) is 12.6 Å². The Hall–Kier alpha value is -3.15. The van der Waals surface area contributed by atoms with E-state index in [2.05, 4.69) is 9.97 Å². The Balaban J connectivity index is 1.82. The first-order valence-electron chi connectivity index (χ1n) is 7.98. The number of alkyl halides is 3. The van der Waals surface area contributed by atoms with Gasteiger partial charge in [-0.25, -0.2) is 4.98 Å². The molecule has 0 radical (unpaired) electrons. The summed E-state index contributed by atoms with van der Waals surface area (Å²) in [7, 11) is 0. The minimum absolute atomic E-state index is 0.179. The molecule has 0 N–H and O–H groups in total. The second-order valence-corrected chi connectivity index (χ2v) is 5.80. The smallest absolute Gasteiger partial charge is 0.416 e. The summed E-state index contributed by atoms with van der Waals surface area (Å²) >= 11 is 0. The van der Waals surface area contributed by atoms with Crippen LogP contribution in [0.5, 0.6) is 0 Å². The predicted molar refractivity (Wildman–Crippen MR) is 93.0 cm³/mol. The zero-order chi connectivity index (χ0) is 18.1. The molecule has 0 atom stereocenters. The zero-order valence-corrected chi connectivity index (χ0v) is 13.5. The van der Waals surface area contributed by atoms with Crippen LogP contribution in [0.15, 0.2) is 71.4 Å². The minimum atomic E-state index is -4.42. The molecule has 6 heteroatoms. The van der Waals surface area contributed by atoms with Gasteiger partial charge in [-0.3, -0.25) is 4.98 Å². The van der Waals surface area contributed by atoms with Crippen LogP contribution in [0.3, 0.4) is 0 Å². The molecule has 0 aliphatic heterocycles.